The molecule has 1 aromatic carbocycles. The molecule has 0 saturated heterocycles. The molecule has 7 heteroatoms. The molecule has 0 saturated carbocycles. The van der Waals surface area contributed by atoms with Crippen LogP contribution in [0.25, 0.3) is 0 Å². The van der Waals surface area contributed by atoms with E-state index < -0.39 is 23.4 Å². The van der Waals surface area contributed by atoms with Crippen LogP contribution in [0.5, 0.6) is 5.75 Å². The number of aliphatic carboxylic acids is 1. The summed E-state index contributed by atoms with van der Waals surface area (Å²) < 4.78 is 18.5. The summed E-state index contributed by atoms with van der Waals surface area (Å²) in [6, 6.07) is 3.14. The van der Waals surface area contributed by atoms with Crippen LogP contribution in [-0.4, -0.2) is 41.7 Å². The molecule has 20 heavy (non-hydrogen) atoms. The molecule has 0 bridgehead atoms. The predicted molar refractivity (Wildman–Crippen MR) is 71.4 cm³/mol. The van der Waals surface area contributed by atoms with Crippen molar-refractivity contribution in [3.8, 4) is 5.75 Å². The molecule has 110 valence electrons. The van der Waals surface area contributed by atoms with Crippen LogP contribution < -0.4 is 10.1 Å². The molecule has 1 aromatic rings. The van der Waals surface area contributed by atoms with Crippen molar-refractivity contribution in [1.29, 1.82) is 0 Å². The van der Waals surface area contributed by atoms with Crippen LogP contribution >= 0.6 is 0 Å². The summed E-state index contributed by atoms with van der Waals surface area (Å²) in [6.07, 6.45) is 0. The number of likely N-dealkylation sites (N-methyl/N-ethyl adjacent to an activating group) is 1. The number of benzene rings is 1. The van der Waals surface area contributed by atoms with Crippen molar-refractivity contribution < 1.29 is 23.8 Å². The third-order valence-electron chi connectivity index (χ3n) is 3.08. The summed E-state index contributed by atoms with van der Waals surface area (Å²) in [5.41, 5.74) is -1.50. The van der Waals surface area contributed by atoms with E-state index in [-0.39, 0.29) is 5.69 Å². The first-order valence-corrected chi connectivity index (χ1v) is 5.82. The largest absolute Gasteiger partial charge is 0.497 e. The summed E-state index contributed by atoms with van der Waals surface area (Å²) in [6.45, 7) is 2.74. The highest BCUT2D eigenvalue weighted by molar-refractivity contribution is 5.93. The fraction of sp³-hybridized carbons (Fsp3) is 0.385. The van der Waals surface area contributed by atoms with Gasteiger partial charge >= 0.3 is 12.0 Å². The van der Waals surface area contributed by atoms with Gasteiger partial charge < -0.3 is 20.1 Å². The second-order valence-corrected chi connectivity index (χ2v) is 4.70. The Morgan fingerprint density at radius 3 is 2.50 bits per heavy atom. The van der Waals surface area contributed by atoms with Crippen LogP contribution in [0, 0.1) is 5.82 Å². The number of methoxy groups -OCH3 is 1. The van der Waals surface area contributed by atoms with Gasteiger partial charge in [-0.15, -0.1) is 0 Å². The van der Waals surface area contributed by atoms with Crippen LogP contribution in [0.2, 0.25) is 0 Å². The van der Waals surface area contributed by atoms with E-state index in [0.29, 0.717) is 5.75 Å². The lowest BCUT2D eigenvalue weighted by Gasteiger charge is -2.31. The monoisotopic (exact) mass is 284 g/mol. The number of hydrogen-bond donors (Lipinski definition) is 2. The minimum Gasteiger partial charge on any atom is -0.497 e. The van der Waals surface area contributed by atoms with Gasteiger partial charge in [0.05, 0.1) is 12.8 Å². The average Bonchev–Trinajstić information content (AvgIpc) is 2.39. The van der Waals surface area contributed by atoms with E-state index >= 15 is 0 Å². The smallest absolute Gasteiger partial charge is 0.329 e. The van der Waals surface area contributed by atoms with Crippen molar-refractivity contribution in [2.45, 2.75) is 19.4 Å². The molecule has 0 aliphatic rings. The Labute approximate surface area is 116 Å². The number of halogens is 1. The molecule has 6 nitrogen and oxygen atoms in total. The highest BCUT2D eigenvalue weighted by atomic mass is 19.1. The van der Waals surface area contributed by atoms with Gasteiger partial charge in [-0.25, -0.2) is 14.0 Å². The maximum absolute atomic E-state index is 13.6. The molecule has 0 aliphatic carbocycles. The summed E-state index contributed by atoms with van der Waals surface area (Å²) in [5.74, 6) is -1.43. The number of rotatable bonds is 4. The lowest BCUT2D eigenvalue weighted by atomic mass is 10.1. The zero-order valence-electron chi connectivity index (χ0n) is 11.7. The van der Waals surface area contributed by atoms with Gasteiger partial charge in [-0.1, -0.05) is 0 Å². The number of anilines is 1. The zero-order chi connectivity index (χ0) is 15.5. The summed E-state index contributed by atoms with van der Waals surface area (Å²) >= 11 is 0. The number of urea groups is 1. The molecule has 0 radical (unpaired) electrons. The Morgan fingerprint density at radius 2 is 2.00 bits per heavy atom. The maximum atomic E-state index is 13.6. The first-order chi connectivity index (χ1) is 9.20. The van der Waals surface area contributed by atoms with Crippen LogP contribution in [-0.2, 0) is 4.79 Å². The predicted octanol–water partition coefficient (Wildman–Crippen LogP) is 2.16. The molecule has 1 rings (SSSR count). The number of hydrogen-bond acceptors (Lipinski definition) is 3. The van der Waals surface area contributed by atoms with Gasteiger partial charge in [-0.2, -0.15) is 0 Å². The Bertz CT molecular complexity index is 531. The molecule has 0 heterocycles. The van der Waals surface area contributed by atoms with Crippen LogP contribution in [0.15, 0.2) is 18.2 Å². The number of nitrogens with zero attached hydrogens (tertiary/aromatic N) is 1. The van der Waals surface area contributed by atoms with Crippen molar-refractivity contribution in [3.63, 3.8) is 0 Å². The van der Waals surface area contributed by atoms with Crippen LogP contribution in [0.4, 0.5) is 14.9 Å². The summed E-state index contributed by atoms with van der Waals surface area (Å²) in [5, 5.41) is 11.4. The number of carbonyl (C=O) groups excluding carboxylic acids is 1. The van der Waals surface area contributed by atoms with Crippen molar-refractivity contribution >= 4 is 17.7 Å². The number of amides is 2. The topological polar surface area (TPSA) is 78.9 Å². The van der Waals surface area contributed by atoms with Gasteiger partial charge in [0.25, 0.3) is 0 Å². The van der Waals surface area contributed by atoms with Gasteiger partial charge in [-0.3, -0.25) is 0 Å². The first kappa shape index (κ1) is 15.7. The number of carbonyl (C=O) groups is 2. The third kappa shape index (κ3) is 3.17. The molecular formula is C13H17FN2O4. The minimum absolute atomic E-state index is 0.0811. The number of ether oxygens (including phenoxy) is 1. The Balaban J connectivity index is 2.93. The third-order valence-corrected chi connectivity index (χ3v) is 3.08. The molecular weight excluding hydrogens is 267 g/mol. The van der Waals surface area contributed by atoms with Crippen molar-refractivity contribution in [2.75, 3.05) is 19.5 Å². The van der Waals surface area contributed by atoms with Gasteiger partial charge in [0, 0.05) is 13.1 Å². The SMILES string of the molecule is COc1ccc(F)c(NC(=O)N(C)C(C)(C)C(=O)O)c1. The maximum Gasteiger partial charge on any atom is 0.329 e. The standard InChI is InChI=1S/C13H17FN2O4/c1-13(2,11(17)18)16(3)12(19)15-10-7-8(20-4)5-6-9(10)14/h5-7H,1-4H3,(H,15,19)(H,17,18). The number of carboxylic acid groups (broad SMARTS) is 1. The molecule has 0 aliphatic heterocycles. The number of carboxylic acids is 1. The fourth-order valence-electron chi connectivity index (χ4n) is 1.32. The fourth-order valence-corrected chi connectivity index (χ4v) is 1.32. The Morgan fingerprint density at radius 1 is 1.40 bits per heavy atom. The minimum atomic E-state index is -1.42. The molecule has 0 atom stereocenters. The molecule has 0 fully saturated rings. The lowest BCUT2D eigenvalue weighted by molar-refractivity contribution is -0.146. The van der Waals surface area contributed by atoms with Gasteiger partial charge in [0.15, 0.2) is 0 Å². The highest BCUT2D eigenvalue weighted by Crippen LogP contribution is 2.22. The van der Waals surface area contributed by atoms with Gasteiger partial charge in [0.1, 0.15) is 17.1 Å². The van der Waals surface area contributed by atoms with Crippen LogP contribution in [0.3, 0.4) is 0 Å². The highest BCUT2D eigenvalue weighted by Gasteiger charge is 2.35. The average molecular weight is 284 g/mol. The number of nitrogens with one attached hydrogen (secondary N) is 1. The molecule has 2 amide bonds. The Kier molecular flexibility index (Phi) is 4.54. The molecule has 2 N–H and O–H groups in total. The van der Waals surface area contributed by atoms with E-state index in [4.69, 9.17) is 9.84 Å². The van der Waals surface area contributed by atoms with E-state index in [2.05, 4.69) is 5.32 Å². The van der Waals surface area contributed by atoms with Crippen molar-refractivity contribution in [3.05, 3.63) is 24.0 Å². The quantitative estimate of drug-likeness (QED) is 0.888. The van der Waals surface area contributed by atoms with Crippen molar-refractivity contribution in [2.24, 2.45) is 0 Å². The molecule has 0 unspecified atom stereocenters. The van der Waals surface area contributed by atoms with E-state index in [9.17, 15) is 14.0 Å². The van der Waals surface area contributed by atoms with Gasteiger partial charge in [-0.05, 0) is 26.0 Å². The lowest BCUT2D eigenvalue weighted by Crippen LogP contribution is -2.52. The van der Waals surface area contributed by atoms with E-state index in [1.165, 1.54) is 40.1 Å². The van der Waals surface area contributed by atoms with E-state index in [0.717, 1.165) is 11.0 Å². The summed E-state index contributed by atoms with van der Waals surface area (Å²) in [7, 11) is 2.74. The second kappa shape index (κ2) is 5.77. The first-order valence-electron chi connectivity index (χ1n) is 5.82. The zero-order valence-corrected chi connectivity index (χ0v) is 11.7. The van der Waals surface area contributed by atoms with Crippen LogP contribution in [0.1, 0.15) is 13.8 Å². The second-order valence-electron chi connectivity index (χ2n) is 4.70. The normalized spacial score (nSPS) is 10.8. The summed E-state index contributed by atoms with van der Waals surface area (Å²) in [4.78, 5) is 24.0. The van der Waals surface area contributed by atoms with E-state index in [1.54, 1.807) is 0 Å². The molecule has 0 aromatic heterocycles. The molecule has 0 spiro atoms. The van der Waals surface area contributed by atoms with Crippen molar-refractivity contribution in [1.82, 2.24) is 4.90 Å². The Hall–Kier alpha value is -2.31. The van der Waals surface area contributed by atoms with Gasteiger partial charge in [0.2, 0.25) is 0 Å². The van der Waals surface area contributed by atoms with E-state index in [1.807, 2.05) is 0 Å².